The van der Waals surface area contributed by atoms with Gasteiger partial charge in [-0.1, -0.05) is 6.92 Å². The van der Waals surface area contributed by atoms with E-state index in [-0.39, 0.29) is 11.9 Å². The van der Waals surface area contributed by atoms with Crippen LogP contribution in [-0.2, 0) is 4.79 Å². The molecule has 0 aromatic carbocycles. The Morgan fingerprint density at radius 2 is 2.10 bits per heavy atom. The number of nitrogens with zero attached hydrogens (tertiary/aromatic N) is 4. The van der Waals surface area contributed by atoms with Gasteiger partial charge in [-0.2, -0.15) is 0 Å². The number of carbonyl (C=O) groups excluding carboxylic acids is 1. The first-order valence-electron chi connectivity index (χ1n) is 7.29. The molecule has 3 heterocycles. The van der Waals surface area contributed by atoms with Crippen molar-refractivity contribution in [1.82, 2.24) is 20.2 Å². The quantitative estimate of drug-likeness (QED) is 0.831. The van der Waals surface area contributed by atoms with Crippen molar-refractivity contribution in [3.63, 3.8) is 0 Å². The molecule has 0 spiro atoms. The average molecular weight is 275 g/mol. The van der Waals surface area contributed by atoms with E-state index in [1.54, 1.807) is 18.6 Å². The zero-order valence-electron chi connectivity index (χ0n) is 11.8. The van der Waals surface area contributed by atoms with Gasteiger partial charge in [0.25, 0.3) is 0 Å². The lowest BCUT2D eigenvalue weighted by Gasteiger charge is -2.36. The van der Waals surface area contributed by atoms with Crippen molar-refractivity contribution in [2.24, 2.45) is 5.92 Å². The molecule has 108 valence electrons. The number of nitrogens with one attached hydrogen (secondary N) is 1. The molecule has 2 aliphatic heterocycles. The Balaban J connectivity index is 1.57. The first-order valence-corrected chi connectivity index (χ1v) is 7.29. The molecule has 2 saturated heterocycles. The molecule has 1 amide bonds. The van der Waals surface area contributed by atoms with Gasteiger partial charge in [-0.15, -0.1) is 0 Å². The van der Waals surface area contributed by atoms with Crippen LogP contribution in [0.2, 0.25) is 0 Å². The first kappa shape index (κ1) is 13.3. The van der Waals surface area contributed by atoms with Crippen LogP contribution in [0.1, 0.15) is 13.3 Å². The van der Waals surface area contributed by atoms with E-state index in [0.717, 1.165) is 45.0 Å². The van der Waals surface area contributed by atoms with Crippen molar-refractivity contribution in [1.29, 1.82) is 0 Å². The number of hydrogen-bond donors (Lipinski definition) is 1. The summed E-state index contributed by atoms with van der Waals surface area (Å²) in [5.41, 5.74) is 0. The SMILES string of the molecule is CC1CCNC1C(=O)N1CCN(c2cnccn2)CC1. The second kappa shape index (κ2) is 5.75. The van der Waals surface area contributed by atoms with Gasteiger partial charge < -0.3 is 15.1 Å². The van der Waals surface area contributed by atoms with E-state index in [4.69, 9.17) is 0 Å². The number of amides is 1. The van der Waals surface area contributed by atoms with Gasteiger partial charge in [0, 0.05) is 38.6 Å². The van der Waals surface area contributed by atoms with Gasteiger partial charge in [0.1, 0.15) is 5.82 Å². The van der Waals surface area contributed by atoms with E-state index in [0.29, 0.717) is 5.92 Å². The van der Waals surface area contributed by atoms with E-state index in [9.17, 15) is 4.79 Å². The molecule has 1 aromatic heterocycles. The van der Waals surface area contributed by atoms with Gasteiger partial charge in [0.2, 0.25) is 5.91 Å². The Bertz CT molecular complexity index is 458. The number of aromatic nitrogens is 2. The van der Waals surface area contributed by atoms with Crippen molar-refractivity contribution < 1.29 is 4.79 Å². The fourth-order valence-electron chi connectivity index (χ4n) is 2.97. The van der Waals surface area contributed by atoms with E-state index in [2.05, 4.69) is 27.1 Å². The Hall–Kier alpha value is -1.69. The summed E-state index contributed by atoms with van der Waals surface area (Å²) in [5.74, 6) is 1.60. The van der Waals surface area contributed by atoms with Crippen LogP contribution < -0.4 is 10.2 Å². The molecular weight excluding hydrogens is 254 g/mol. The topological polar surface area (TPSA) is 61.4 Å². The van der Waals surface area contributed by atoms with Crippen LogP contribution in [0.4, 0.5) is 5.82 Å². The van der Waals surface area contributed by atoms with Gasteiger partial charge in [-0.3, -0.25) is 9.78 Å². The third-order valence-electron chi connectivity index (χ3n) is 4.26. The second-order valence-electron chi connectivity index (χ2n) is 5.57. The van der Waals surface area contributed by atoms with Crippen molar-refractivity contribution in [2.45, 2.75) is 19.4 Å². The summed E-state index contributed by atoms with van der Waals surface area (Å²) in [6, 6.07) is 0.0121. The van der Waals surface area contributed by atoms with Crippen LogP contribution in [0.15, 0.2) is 18.6 Å². The van der Waals surface area contributed by atoms with E-state index in [1.165, 1.54) is 0 Å². The van der Waals surface area contributed by atoms with Crippen molar-refractivity contribution in [3.05, 3.63) is 18.6 Å². The molecule has 0 aliphatic carbocycles. The van der Waals surface area contributed by atoms with Crippen molar-refractivity contribution >= 4 is 11.7 Å². The normalized spacial score (nSPS) is 26.9. The summed E-state index contributed by atoms with van der Waals surface area (Å²) >= 11 is 0. The third-order valence-corrected chi connectivity index (χ3v) is 4.26. The lowest BCUT2D eigenvalue weighted by atomic mass is 10.0. The fourth-order valence-corrected chi connectivity index (χ4v) is 2.97. The van der Waals surface area contributed by atoms with Crippen LogP contribution in [-0.4, -0.2) is 59.5 Å². The Kier molecular flexibility index (Phi) is 3.82. The summed E-state index contributed by atoms with van der Waals surface area (Å²) in [5, 5.41) is 3.32. The van der Waals surface area contributed by atoms with Crippen LogP contribution >= 0.6 is 0 Å². The van der Waals surface area contributed by atoms with Gasteiger partial charge in [0.05, 0.1) is 12.2 Å². The minimum absolute atomic E-state index is 0.0121. The third kappa shape index (κ3) is 2.60. The minimum Gasteiger partial charge on any atom is -0.352 e. The maximum atomic E-state index is 12.5. The number of piperazine rings is 1. The molecule has 0 saturated carbocycles. The molecule has 1 aromatic rings. The number of carbonyl (C=O) groups is 1. The highest BCUT2D eigenvalue weighted by Gasteiger charge is 2.33. The van der Waals surface area contributed by atoms with Crippen molar-refractivity contribution in [2.75, 3.05) is 37.6 Å². The van der Waals surface area contributed by atoms with Gasteiger partial charge >= 0.3 is 0 Å². The molecule has 2 atom stereocenters. The van der Waals surface area contributed by atoms with E-state index in [1.807, 2.05) is 4.90 Å². The Labute approximate surface area is 119 Å². The molecule has 1 N–H and O–H groups in total. The lowest BCUT2D eigenvalue weighted by molar-refractivity contribution is -0.134. The molecule has 3 rings (SSSR count). The smallest absolute Gasteiger partial charge is 0.240 e. The van der Waals surface area contributed by atoms with Gasteiger partial charge in [0.15, 0.2) is 0 Å². The highest BCUT2D eigenvalue weighted by Crippen LogP contribution is 2.18. The molecule has 0 radical (unpaired) electrons. The molecule has 2 unspecified atom stereocenters. The predicted octanol–water partition coefficient (Wildman–Crippen LogP) is 0.123. The minimum atomic E-state index is 0.0121. The van der Waals surface area contributed by atoms with Gasteiger partial charge in [-0.25, -0.2) is 4.98 Å². The Morgan fingerprint density at radius 3 is 2.70 bits per heavy atom. The maximum absolute atomic E-state index is 12.5. The second-order valence-corrected chi connectivity index (χ2v) is 5.57. The molecule has 2 aliphatic rings. The summed E-state index contributed by atoms with van der Waals surface area (Å²) in [6.45, 7) is 6.28. The predicted molar refractivity (Wildman–Crippen MR) is 76.4 cm³/mol. The molecule has 2 fully saturated rings. The number of rotatable bonds is 2. The summed E-state index contributed by atoms with van der Waals surface area (Å²) in [4.78, 5) is 25.0. The molecule has 6 heteroatoms. The molecule has 0 bridgehead atoms. The lowest BCUT2D eigenvalue weighted by Crippen LogP contribution is -2.54. The summed E-state index contributed by atoms with van der Waals surface area (Å²) < 4.78 is 0. The summed E-state index contributed by atoms with van der Waals surface area (Å²) in [6.07, 6.45) is 6.25. The van der Waals surface area contributed by atoms with Gasteiger partial charge in [-0.05, 0) is 18.9 Å². The van der Waals surface area contributed by atoms with E-state index >= 15 is 0 Å². The van der Waals surface area contributed by atoms with Crippen LogP contribution in [0, 0.1) is 5.92 Å². The first-order chi connectivity index (χ1) is 9.75. The van der Waals surface area contributed by atoms with Crippen LogP contribution in [0.25, 0.3) is 0 Å². The van der Waals surface area contributed by atoms with Crippen molar-refractivity contribution in [3.8, 4) is 0 Å². The number of hydrogen-bond acceptors (Lipinski definition) is 5. The highest BCUT2D eigenvalue weighted by molar-refractivity contribution is 5.82. The average Bonchev–Trinajstić information content (AvgIpc) is 2.94. The fraction of sp³-hybridized carbons (Fsp3) is 0.643. The monoisotopic (exact) mass is 275 g/mol. The standard InChI is InChI=1S/C14H21N5O/c1-11-2-3-17-13(11)14(20)19-8-6-18(7-9-19)12-10-15-4-5-16-12/h4-5,10-11,13,17H,2-3,6-9H2,1H3. The Morgan fingerprint density at radius 1 is 1.30 bits per heavy atom. The molecule has 6 nitrogen and oxygen atoms in total. The molecule has 20 heavy (non-hydrogen) atoms. The molecular formula is C14H21N5O. The summed E-state index contributed by atoms with van der Waals surface area (Å²) in [7, 11) is 0. The highest BCUT2D eigenvalue weighted by atomic mass is 16.2. The zero-order valence-corrected chi connectivity index (χ0v) is 11.8. The van der Waals surface area contributed by atoms with Crippen LogP contribution in [0.3, 0.4) is 0 Å². The van der Waals surface area contributed by atoms with E-state index < -0.39 is 0 Å². The maximum Gasteiger partial charge on any atom is 0.240 e. The zero-order chi connectivity index (χ0) is 13.9. The number of anilines is 1. The van der Waals surface area contributed by atoms with Crippen LogP contribution in [0.5, 0.6) is 0 Å². The largest absolute Gasteiger partial charge is 0.352 e.